The monoisotopic (exact) mass is 269 g/mol. The summed E-state index contributed by atoms with van der Waals surface area (Å²) in [6.07, 6.45) is 5.56. The van der Waals surface area contributed by atoms with Crippen LogP contribution in [0.2, 0.25) is 0 Å². The molecule has 0 aromatic carbocycles. The number of ether oxygens (including phenoxy) is 1. The van der Waals surface area contributed by atoms with Gasteiger partial charge in [0.05, 0.1) is 7.11 Å². The largest absolute Gasteiger partial charge is 0.464 e. The molecule has 0 atom stereocenters. The Bertz CT molecular complexity index is 388. The van der Waals surface area contributed by atoms with Crippen molar-refractivity contribution in [1.29, 1.82) is 0 Å². The highest BCUT2D eigenvalue weighted by Gasteiger charge is 2.10. The van der Waals surface area contributed by atoms with E-state index in [1.807, 2.05) is 25.1 Å². The lowest BCUT2D eigenvalue weighted by Gasteiger charge is -2.03. The number of pyridine rings is 1. The molecule has 0 unspecified atom stereocenters. The topological polar surface area (TPSA) is 39.2 Å². The second kappa shape index (κ2) is 5.66. The molecule has 1 aromatic rings. The maximum atomic E-state index is 11.2. The molecule has 1 heterocycles. The fourth-order valence-corrected chi connectivity index (χ4v) is 1.37. The average molecular weight is 270 g/mol. The van der Waals surface area contributed by atoms with Gasteiger partial charge in [0.15, 0.2) is 5.69 Å². The van der Waals surface area contributed by atoms with Crippen molar-refractivity contribution in [2.45, 2.75) is 6.92 Å². The van der Waals surface area contributed by atoms with Gasteiger partial charge in [0.2, 0.25) is 0 Å². The molecule has 0 aliphatic carbocycles. The van der Waals surface area contributed by atoms with Crippen molar-refractivity contribution in [3.05, 3.63) is 35.2 Å². The van der Waals surface area contributed by atoms with Crippen LogP contribution in [0.1, 0.15) is 21.6 Å². The standard InChI is InChI=1S/C11H12BrNO2/c1-8-6-9(4-3-5-12)7-13-10(8)11(14)15-2/h3-4,6-7H,5H2,1-2H3. The van der Waals surface area contributed by atoms with Gasteiger partial charge in [0.1, 0.15) is 0 Å². The third-order valence-electron chi connectivity index (χ3n) is 1.88. The highest BCUT2D eigenvalue weighted by Crippen LogP contribution is 2.10. The summed E-state index contributed by atoms with van der Waals surface area (Å²) in [5, 5.41) is 0.796. The average Bonchev–Trinajstić information content (AvgIpc) is 2.25. The smallest absolute Gasteiger partial charge is 0.356 e. The Kier molecular flexibility index (Phi) is 4.49. The lowest BCUT2D eigenvalue weighted by Crippen LogP contribution is -2.06. The Hall–Kier alpha value is -1.16. The summed E-state index contributed by atoms with van der Waals surface area (Å²) in [5.41, 5.74) is 2.16. The van der Waals surface area contributed by atoms with Crippen molar-refractivity contribution in [2.75, 3.05) is 12.4 Å². The quantitative estimate of drug-likeness (QED) is 0.626. The summed E-state index contributed by atoms with van der Waals surface area (Å²) >= 11 is 3.29. The van der Waals surface area contributed by atoms with Gasteiger partial charge in [-0.05, 0) is 24.1 Å². The minimum Gasteiger partial charge on any atom is -0.464 e. The summed E-state index contributed by atoms with van der Waals surface area (Å²) in [4.78, 5) is 15.3. The normalized spacial score (nSPS) is 10.6. The second-order valence-electron chi connectivity index (χ2n) is 2.98. The minimum absolute atomic E-state index is 0.369. The van der Waals surface area contributed by atoms with E-state index >= 15 is 0 Å². The zero-order valence-electron chi connectivity index (χ0n) is 8.66. The first-order valence-electron chi connectivity index (χ1n) is 4.46. The number of nitrogens with zero attached hydrogens (tertiary/aromatic N) is 1. The van der Waals surface area contributed by atoms with Crippen molar-refractivity contribution in [3.8, 4) is 0 Å². The molecule has 0 N–H and O–H groups in total. The number of aromatic nitrogens is 1. The molecule has 15 heavy (non-hydrogen) atoms. The zero-order chi connectivity index (χ0) is 11.3. The fraction of sp³-hybridized carbons (Fsp3) is 0.273. The minimum atomic E-state index is -0.400. The number of aryl methyl sites for hydroxylation is 1. The number of hydrogen-bond acceptors (Lipinski definition) is 3. The first-order chi connectivity index (χ1) is 7.19. The summed E-state index contributed by atoms with van der Waals surface area (Å²) < 4.78 is 4.61. The number of alkyl halides is 1. The zero-order valence-corrected chi connectivity index (χ0v) is 10.2. The van der Waals surface area contributed by atoms with Crippen molar-refractivity contribution in [2.24, 2.45) is 0 Å². The van der Waals surface area contributed by atoms with Gasteiger partial charge in [-0.2, -0.15) is 0 Å². The molecule has 0 aliphatic rings. The number of esters is 1. The molecule has 0 amide bonds. The Labute approximate surface area is 97.3 Å². The van der Waals surface area contributed by atoms with Crippen LogP contribution in [0.5, 0.6) is 0 Å². The highest BCUT2D eigenvalue weighted by molar-refractivity contribution is 9.09. The molecule has 1 aromatic heterocycles. The highest BCUT2D eigenvalue weighted by atomic mass is 79.9. The van der Waals surface area contributed by atoms with E-state index in [0.29, 0.717) is 5.69 Å². The maximum Gasteiger partial charge on any atom is 0.356 e. The SMILES string of the molecule is COC(=O)c1ncc(C=CCBr)cc1C. The van der Waals surface area contributed by atoms with E-state index in [-0.39, 0.29) is 0 Å². The van der Waals surface area contributed by atoms with Crippen LogP contribution in [-0.4, -0.2) is 23.4 Å². The Balaban J connectivity index is 2.98. The Morgan fingerprint density at radius 3 is 2.93 bits per heavy atom. The Morgan fingerprint density at radius 1 is 1.67 bits per heavy atom. The molecule has 0 saturated heterocycles. The predicted molar refractivity (Wildman–Crippen MR) is 63.1 cm³/mol. The number of allylic oxidation sites excluding steroid dienone is 1. The van der Waals surface area contributed by atoms with E-state index in [1.54, 1.807) is 6.20 Å². The first kappa shape index (κ1) is 11.9. The summed E-state index contributed by atoms with van der Waals surface area (Å²) in [5.74, 6) is -0.400. The molecule has 0 aliphatic heterocycles. The first-order valence-corrected chi connectivity index (χ1v) is 5.58. The fourth-order valence-electron chi connectivity index (χ4n) is 1.18. The molecule has 1 rings (SSSR count). The molecule has 0 fully saturated rings. The van der Waals surface area contributed by atoms with Crippen molar-refractivity contribution < 1.29 is 9.53 Å². The van der Waals surface area contributed by atoms with E-state index in [4.69, 9.17) is 0 Å². The molecule has 3 nitrogen and oxygen atoms in total. The van der Waals surface area contributed by atoms with Gasteiger partial charge in [-0.15, -0.1) is 0 Å². The van der Waals surface area contributed by atoms with Gasteiger partial charge in [-0.1, -0.05) is 28.1 Å². The summed E-state index contributed by atoms with van der Waals surface area (Å²) in [6, 6.07) is 1.90. The number of methoxy groups -OCH3 is 1. The van der Waals surface area contributed by atoms with Gasteiger partial charge < -0.3 is 4.74 Å². The van der Waals surface area contributed by atoms with Crippen LogP contribution in [0.15, 0.2) is 18.3 Å². The lowest BCUT2D eigenvalue weighted by molar-refractivity contribution is 0.0593. The predicted octanol–water partition coefficient (Wildman–Crippen LogP) is 2.58. The van der Waals surface area contributed by atoms with Crippen LogP contribution >= 0.6 is 15.9 Å². The molecule has 80 valence electrons. The molecule has 0 bridgehead atoms. The van der Waals surface area contributed by atoms with Gasteiger partial charge in [-0.3, -0.25) is 0 Å². The van der Waals surface area contributed by atoms with E-state index < -0.39 is 5.97 Å². The number of halogens is 1. The van der Waals surface area contributed by atoms with Crippen LogP contribution in [-0.2, 0) is 4.74 Å². The lowest BCUT2D eigenvalue weighted by atomic mass is 10.1. The van der Waals surface area contributed by atoms with E-state index in [2.05, 4.69) is 25.7 Å². The molecule has 0 spiro atoms. The summed E-state index contributed by atoms with van der Waals surface area (Å²) in [6.45, 7) is 1.84. The van der Waals surface area contributed by atoms with Crippen LogP contribution < -0.4 is 0 Å². The number of carbonyl (C=O) groups is 1. The molecule has 4 heteroatoms. The maximum absolute atomic E-state index is 11.2. The number of hydrogen-bond donors (Lipinski definition) is 0. The summed E-state index contributed by atoms with van der Waals surface area (Å²) in [7, 11) is 1.35. The third kappa shape index (κ3) is 3.16. The van der Waals surface area contributed by atoms with Crippen molar-refractivity contribution in [3.63, 3.8) is 0 Å². The van der Waals surface area contributed by atoms with Gasteiger partial charge in [0.25, 0.3) is 0 Å². The van der Waals surface area contributed by atoms with Crippen LogP contribution in [0.3, 0.4) is 0 Å². The van der Waals surface area contributed by atoms with E-state index in [1.165, 1.54) is 7.11 Å². The molecular weight excluding hydrogens is 258 g/mol. The van der Waals surface area contributed by atoms with E-state index in [0.717, 1.165) is 16.5 Å². The van der Waals surface area contributed by atoms with Crippen molar-refractivity contribution >= 4 is 28.0 Å². The number of rotatable bonds is 3. The van der Waals surface area contributed by atoms with Crippen LogP contribution in [0.4, 0.5) is 0 Å². The molecular formula is C11H12BrNO2. The molecule has 0 saturated carbocycles. The van der Waals surface area contributed by atoms with E-state index in [9.17, 15) is 4.79 Å². The van der Waals surface area contributed by atoms with Crippen molar-refractivity contribution in [1.82, 2.24) is 4.98 Å². The number of carbonyl (C=O) groups excluding carboxylic acids is 1. The van der Waals surface area contributed by atoms with Gasteiger partial charge in [0, 0.05) is 11.5 Å². The second-order valence-corrected chi connectivity index (χ2v) is 3.63. The van der Waals surface area contributed by atoms with Gasteiger partial charge in [-0.25, -0.2) is 9.78 Å². The van der Waals surface area contributed by atoms with Crippen LogP contribution in [0, 0.1) is 6.92 Å². The van der Waals surface area contributed by atoms with Gasteiger partial charge >= 0.3 is 5.97 Å². The van der Waals surface area contributed by atoms with Crippen LogP contribution in [0.25, 0.3) is 6.08 Å². The third-order valence-corrected chi connectivity index (χ3v) is 2.25. The molecule has 0 radical (unpaired) electrons. The Morgan fingerprint density at radius 2 is 2.40 bits per heavy atom.